The van der Waals surface area contributed by atoms with Crippen molar-refractivity contribution in [3.05, 3.63) is 52.8 Å². The van der Waals surface area contributed by atoms with Gasteiger partial charge >= 0.3 is 5.97 Å². The molecule has 2 unspecified atom stereocenters. The molecule has 2 atom stereocenters. The van der Waals surface area contributed by atoms with Crippen LogP contribution in [-0.4, -0.2) is 32.8 Å². The predicted molar refractivity (Wildman–Crippen MR) is 95.3 cm³/mol. The minimum Gasteiger partial charge on any atom is -0.480 e. The van der Waals surface area contributed by atoms with E-state index in [-0.39, 0.29) is 18.2 Å². The third kappa shape index (κ3) is 4.68. The Labute approximate surface area is 147 Å². The van der Waals surface area contributed by atoms with Crippen LogP contribution in [0, 0.1) is 19.8 Å². The van der Waals surface area contributed by atoms with Crippen molar-refractivity contribution in [1.29, 1.82) is 0 Å². The molecule has 0 aliphatic rings. The number of carbonyl (C=O) groups excluding carboxylic acids is 1. The maximum atomic E-state index is 12.5. The van der Waals surface area contributed by atoms with Gasteiger partial charge in [0.05, 0.1) is 5.69 Å². The van der Waals surface area contributed by atoms with E-state index in [9.17, 15) is 14.7 Å². The summed E-state index contributed by atoms with van der Waals surface area (Å²) in [7, 11) is 1.87. The number of hydrogen-bond acceptors (Lipinski definition) is 3. The highest BCUT2D eigenvalue weighted by molar-refractivity contribution is 5.85. The van der Waals surface area contributed by atoms with E-state index >= 15 is 0 Å². The highest BCUT2D eigenvalue weighted by Gasteiger charge is 2.24. The Kier molecular flexibility index (Phi) is 5.96. The Balaban J connectivity index is 2.03. The van der Waals surface area contributed by atoms with E-state index < -0.39 is 12.0 Å². The zero-order valence-corrected chi connectivity index (χ0v) is 15.1. The molecule has 2 aromatic rings. The van der Waals surface area contributed by atoms with Crippen LogP contribution in [0.15, 0.2) is 30.3 Å². The van der Waals surface area contributed by atoms with Crippen LogP contribution in [-0.2, 0) is 29.5 Å². The van der Waals surface area contributed by atoms with Crippen molar-refractivity contribution < 1.29 is 14.7 Å². The number of rotatable bonds is 7. The molecule has 134 valence electrons. The maximum Gasteiger partial charge on any atom is 0.326 e. The van der Waals surface area contributed by atoms with Gasteiger partial charge in [-0.1, -0.05) is 37.3 Å². The number of nitrogens with one attached hydrogen (secondary N) is 1. The molecule has 0 fully saturated rings. The van der Waals surface area contributed by atoms with Gasteiger partial charge in [0.25, 0.3) is 0 Å². The van der Waals surface area contributed by atoms with E-state index in [1.54, 1.807) is 4.68 Å². The minimum atomic E-state index is -1.03. The first-order chi connectivity index (χ1) is 11.8. The maximum absolute atomic E-state index is 12.5. The fourth-order valence-corrected chi connectivity index (χ4v) is 2.88. The van der Waals surface area contributed by atoms with Gasteiger partial charge in [-0.05, 0) is 31.4 Å². The lowest BCUT2D eigenvalue weighted by Crippen LogP contribution is -2.44. The summed E-state index contributed by atoms with van der Waals surface area (Å²) < 4.78 is 1.80. The van der Waals surface area contributed by atoms with Crippen LogP contribution in [0.5, 0.6) is 0 Å². The SMILES string of the molecule is Cc1nn(C)c(C)c1CC(C)C(=O)NC(Cc1ccccc1)C(=O)O. The quantitative estimate of drug-likeness (QED) is 0.806. The number of aliphatic carboxylic acids is 1. The van der Waals surface area contributed by atoms with Crippen LogP contribution in [0.3, 0.4) is 0 Å². The van der Waals surface area contributed by atoms with Crippen molar-refractivity contribution in [2.24, 2.45) is 13.0 Å². The smallest absolute Gasteiger partial charge is 0.326 e. The summed E-state index contributed by atoms with van der Waals surface area (Å²) in [4.78, 5) is 24.0. The van der Waals surface area contributed by atoms with Crippen molar-refractivity contribution >= 4 is 11.9 Å². The Morgan fingerprint density at radius 3 is 2.36 bits per heavy atom. The van der Waals surface area contributed by atoms with E-state index in [1.807, 2.05) is 58.2 Å². The number of carboxylic acids is 1. The van der Waals surface area contributed by atoms with Gasteiger partial charge in [0.2, 0.25) is 5.91 Å². The summed E-state index contributed by atoms with van der Waals surface area (Å²) in [5.74, 6) is -1.62. The van der Waals surface area contributed by atoms with E-state index in [0.717, 1.165) is 22.5 Å². The lowest BCUT2D eigenvalue weighted by molar-refractivity contribution is -0.142. The Hall–Kier alpha value is -2.63. The largest absolute Gasteiger partial charge is 0.480 e. The molecule has 0 bridgehead atoms. The Bertz CT molecular complexity index is 753. The summed E-state index contributed by atoms with van der Waals surface area (Å²) in [6, 6.07) is 8.35. The van der Waals surface area contributed by atoms with E-state index in [4.69, 9.17) is 0 Å². The first-order valence-electron chi connectivity index (χ1n) is 8.35. The van der Waals surface area contributed by atoms with Gasteiger partial charge in [-0.3, -0.25) is 9.48 Å². The first-order valence-corrected chi connectivity index (χ1v) is 8.35. The van der Waals surface area contributed by atoms with Crippen molar-refractivity contribution in [1.82, 2.24) is 15.1 Å². The van der Waals surface area contributed by atoms with E-state index in [1.165, 1.54) is 0 Å². The fourth-order valence-electron chi connectivity index (χ4n) is 2.88. The second-order valence-corrected chi connectivity index (χ2v) is 6.47. The number of nitrogens with zero attached hydrogens (tertiary/aromatic N) is 2. The highest BCUT2D eigenvalue weighted by atomic mass is 16.4. The summed E-state index contributed by atoms with van der Waals surface area (Å²) in [6.45, 7) is 5.69. The predicted octanol–water partition coefficient (Wildman–Crippen LogP) is 2.03. The number of aryl methyl sites for hydroxylation is 2. The van der Waals surface area contributed by atoms with Gasteiger partial charge in [0.1, 0.15) is 6.04 Å². The van der Waals surface area contributed by atoms with Crippen LogP contribution in [0.25, 0.3) is 0 Å². The van der Waals surface area contributed by atoms with E-state index in [0.29, 0.717) is 6.42 Å². The molecule has 2 rings (SSSR count). The zero-order chi connectivity index (χ0) is 18.6. The molecule has 1 aromatic heterocycles. The monoisotopic (exact) mass is 343 g/mol. The Morgan fingerprint density at radius 2 is 1.84 bits per heavy atom. The number of carbonyl (C=O) groups is 2. The molecule has 25 heavy (non-hydrogen) atoms. The van der Waals surface area contributed by atoms with Crippen molar-refractivity contribution in [2.75, 3.05) is 0 Å². The molecule has 2 N–H and O–H groups in total. The molecule has 0 spiro atoms. The van der Waals surface area contributed by atoms with Gasteiger partial charge in [-0.15, -0.1) is 0 Å². The lowest BCUT2D eigenvalue weighted by atomic mass is 9.98. The molecule has 1 aromatic carbocycles. The topological polar surface area (TPSA) is 84.2 Å². The van der Waals surface area contributed by atoms with E-state index in [2.05, 4.69) is 10.4 Å². The van der Waals surface area contributed by atoms with Crippen LogP contribution in [0.1, 0.15) is 29.4 Å². The van der Waals surface area contributed by atoms with Crippen LogP contribution in [0.4, 0.5) is 0 Å². The van der Waals surface area contributed by atoms with Crippen LogP contribution in [0.2, 0.25) is 0 Å². The van der Waals surface area contributed by atoms with Gasteiger partial charge in [-0.2, -0.15) is 5.10 Å². The van der Waals surface area contributed by atoms with Crippen LogP contribution < -0.4 is 5.32 Å². The third-order valence-corrected chi connectivity index (χ3v) is 4.51. The van der Waals surface area contributed by atoms with Gasteiger partial charge in [0, 0.05) is 25.1 Å². The molecule has 6 nitrogen and oxygen atoms in total. The number of amides is 1. The standard InChI is InChI=1S/C19H25N3O3/c1-12(10-16-13(2)21-22(4)14(16)3)18(23)20-17(19(24)25)11-15-8-6-5-7-9-15/h5-9,12,17H,10-11H2,1-4H3,(H,20,23)(H,24,25). The second kappa shape index (κ2) is 7.96. The molecular formula is C19H25N3O3. The van der Waals surface area contributed by atoms with Gasteiger partial charge in [0.15, 0.2) is 0 Å². The third-order valence-electron chi connectivity index (χ3n) is 4.51. The number of aromatic nitrogens is 2. The van der Waals surface area contributed by atoms with Crippen molar-refractivity contribution in [3.8, 4) is 0 Å². The molecule has 0 saturated carbocycles. The van der Waals surface area contributed by atoms with Crippen molar-refractivity contribution in [2.45, 2.75) is 39.7 Å². The number of hydrogen-bond donors (Lipinski definition) is 2. The molecule has 6 heteroatoms. The van der Waals surface area contributed by atoms with Gasteiger partial charge in [-0.25, -0.2) is 4.79 Å². The zero-order valence-electron chi connectivity index (χ0n) is 15.1. The summed E-state index contributed by atoms with van der Waals surface area (Å²) in [5.41, 5.74) is 3.84. The lowest BCUT2D eigenvalue weighted by Gasteiger charge is -2.18. The normalized spacial score (nSPS) is 13.3. The fraction of sp³-hybridized carbons (Fsp3) is 0.421. The van der Waals surface area contributed by atoms with Crippen LogP contribution >= 0.6 is 0 Å². The number of carboxylic acid groups (broad SMARTS) is 1. The minimum absolute atomic E-state index is 0.258. The first kappa shape index (κ1) is 18.7. The average molecular weight is 343 g/mol. The molecule has 1 heterocycles. The average Bonchev–Trinajstić information content (AvgIpc) is 2.81. The summed E-state index contributed by atoms with van der Waals surface area (Å²) in [6.07, 6.45) is 0.800. The van der Waals surface area contributed by atoms with Crippen molar-refractivity contribution in [3.63, 3.8) is 0 Å². The Morgan fingerprint density at radius 1 is 1.20 bits per heavy atom. The summed E-state index contributed by atoms with van der Waals surface area (Å²) in [5, 5.41) is 16.4. The molecular weight excluding hydrogens is 318 g/mol. The summed E-state index contributed by atoms with van der Waals surface area (Å²) >= 11 is 0. The highest BCUT2D eigenvalue weighted by Crippen LogP contribution is 2.17. The molecule has 0 aliphatic heterocycles. The molecule has 0 radical (unpaired) electrons. The molecule has 0 aliphatic carbocycles. The molecule has 0 saturated heterocycles. The molecule has 1 amide bonds. The second-order valence-electron chi connectivity index (χ2n) is 6.47. The van der Waals surface area contributed by atoms with Gasteiger partial charge < -0.3 is 10.4 Å². The number of benzene rings is 1.